The van der Waals surface area contributed by atoms with Crippen molar-refractivity contribution < 1.29 is 4.79 Å². The van der Waals surface area contributed by atoms with E-state index in [9.17, 15) is 4.79 Å². The van der Waals surface area contributed by atoms with Crippen molar-refractivity contribution in [3.8, 4) is 6.07 Å². The third-order valence-electron chi connectivity index (χ3n) is 4.04. The molecule has 0 aliphatic carbocycles. The summed E-state index contributed by atoms with van der Waals surface area (Å²) in [7, 11) is 0. The topological polar surface area (TPSA) is 44.1 Å². The van der Waals surface area contributed by atoms with Gasteiger partial charge in [-0.15, -0.1) is 0 Å². The van der Waals surface area contributed by atoms with Crippen LogP contribution in [0, 0.1) is 11.3 Å². The van der Waals surface area contributed by atoms with Crippen molar-refractivity contribution in [3.63, 3.8) is 0 Å². The Kier molecular flexibility index (Phi) is 4.88. The Morgan fingerprint density at radius 3 is 2.38 bits per heavy atom. The molecule has 118 valence electrons. The summed E-state index contributed by atoms with van der Waals surface area (Å²) < 4.78 is 0. The van der Waals surface area contributed by atoms with Gasteiger partial charge in [-0.2, -0.15) is 5.26 Å². The van der Waals surface area contributed by atoms with E-state index in [4.69, 9.17) is 5.26 Å². The van der Waals surface area contributed by atoms with Crippen LogP contribution in [0.1, 0.15) is 17.5 Å². The molecule has 0 unspecified atom stereocenters. The molecule has 3 nitrogen and oxygen atoms in total. The lowest BCUT2D eigenvalue weighted by Crippen LogP contribution is -2.29. The zero-order valence-corrected chi connectivity index (χ0v) is 13.4. The number of fused-ring (bicyclic) bond motifs is 1. The molecule has 3 aromatic carbocycles. The maximum Gasteiger partial charge on any atom is 0.237 e. The zero-order valence-electron chi connectivity index (χ0n) is 13.4. The number of carbonyl (C=O) groups is 1. The molecule has 0 heterocycles. The number of amides is 1. The van der Waals surface area contributed by atoms with Crippen molar-refractivity contribution in [1.29, 1.82) is 5.26 Å². The average Bonchev–Trinajstić information content (AvgIpc) is 2.62. The zero-order chi connectivity index (χ0) is 16.8. The summed E-state index contributed by atoms with van der Waals surface area (Å²) in [5.74, 6) is -0.144. The molecule has 0 fully saturated rings. The third-order valence-corrected chi connectivity index (χ3v) is 4.04. The Labute approximate surface area is 141 Å². The molecule has 1 amide bonds. The molecule has 0 atom stereocenters. The summed E-state index contributed by atoms with van der Waals surface area (Å²) >= 11 is 0. The van der Waals surface area contributed by atoms with Gasteiger partial charge in [0.15, 0.2) is 0 Å². The average molecular weight is 314 g/mol. The fraction of sp³-hybridized carbons (Fsp3) is 0.143. The van der Waals surface area contributed by atoms with Gasteiger partial charge in [-0.1, -0.05) is 72.8 Å². The molecular formula is C21H18N2O. The highest BCUT2D eigenvalue weighted by Gasteiger charge is 2.15. The van der Waals surface area contributed by atoms with Gasteiger partial charge in [0.1, 0.15) is 6.42 Å². The van der Waals surface area contributed by atoms with Crippen LogP contribution in [0.3, 0.4) is 0 Å². The molecular weight excluding hydrogens is 296 g/mol. The predicted molar refractivity (Wildman–Crippen MR) is 94.9 cm³/mol. The Morgan fingerprint density at radius 2 is 1.58 bits per heavy atom. The second-order valence-electron chi connectivity index (χ2n) is 5.71. The van der Waals surface area contributed by atoms with Crippen LogP contribution in [-0.4, -0.2) is 10.8 Å². The van der Waals surface area contributed by atoms with Crippen molar-refractivity contribution >= 4 is 16.7 Å². The quantitative estimate of drug-likeness (QED) is 0.705. The molecule has 24 heavy (non-hydrogen) atoms. The normalized spacial score (nSPS) is 10.3. The number of rotatable bonds is 5. The summed E-state index contributed by atoms with van der Waals surface area (Å²) in [4.78, 5) is 14.1. The van der Waals surface area contributed by atoms with Crippen LogP contribution in [0.4, 0.5) is 0 Å². The summed E-state index contributed by atoms with van der Waals surface area (Å²) in [5, 5.41) is 11.2. The number of nitrogens with zero attached hydrogens (tertiary/aromatic N) is 2. The summed E-state index contributed by atoms with van der Waals surface area (Å²) in [6.45, 7) is 1.00. The van der Waals surface area contributed by atoms with Gasteiger partial charge in [0.05, 0.1) is 6.07 Å². The maximum atomic E-state index is 12.4. The molecule has 0 N–H and O–H groups in total. The van der Waals surface area contributed by atoms with Crippen LogP contribution in [0.25, 0.3) is 10.8 Å². The van der Waals surface area contributed by atoms with E-state index in [2.05, 4.69) is 18.2 Å². The van der Waals surface area contributed by atoms with Crippen LogP contribution in [0.5, 0.6) is 0 Å². The lowest BCUT2D eigenvalue weighted by molar-refractivity contribution is -0.131. The molecule has 0 radical (unpaired) electrons. The van der Waals surface area contributed by atoms with Crippen molar-refractivity contribution in [2.24, 2.45) is 0 Å². The first kappa shape index (κ1) is 15.8. The van der Waals surface area contributed by atoms with Gasteiger partial charge in [-0.3, -0.25) is 4.79 Å². The van der Waals surface area contributed by atoms with E-state index < -0.39 is 0 Å². The van der Waals surface area contributed by atoms with Crippen molar-refractivity contribution in [3.05, 3.63) is 83.9 Å². The molecule has 3 rings (SSSR count). The molecule has 0 bridgehead atoms. The first-order valence-corrected chi connectivity index (χ1v) is 7.93. The molecule has 0 saturated carbocycles. The van der Waals surface area contributed by atoms with Gasteiger partial charge in [-0.05, 0) is 21.9 Å². The lowest BCUT2D eigenvalue weighted by Gasteiger charge is -2.23. The fourth-order valence-electron chi connectivity index (χ4n) is 2.85. The minimum absolute atomic E-state index is 0.0996. The monoisotopic (exact) mass is 314 g/mol. The van der Waals surface area contributed by atoms with Gasteiger partial charge in [0.25, 0.3) is 0 Å². The highest BCUT2D eigenvalue weighted by atomic mass is 16.2. The van der Waals surface area contributed by atoms with Crippen LogP contribution in [0.15, 0.2) is 72.8 Å². The van der Waals surface area contributed by atoms with Crippen LogP contribution in [0.2, 0.25) is 0 Å². The second kappa shape index (κ2) is 7.43. The molecule has 0 aliphatic heterocycles. The van der Waals surface area contributed by atoms with Crippen LogP contribution in [-0.2, 0) is 17.9 Å². The Hall–Kier alpha value is -3.12. The second-order valence-corrected chi connectivity index (χ2v) is 5.71. The smallest absolute Gasteiger partial charge is 0.237 e. The van der Waals surface area contributed by atoms with Gasteiger partial charge < -0.3 is 4.90 Å². The van der Waals surface area contributed by atoms with Crippen LogP contribution < -0.4 is 0 Å². The first-order valence-electron chi connectivity index (χ1n) is 7.93. The number of carbonyl (C=O) groups excluding carboxylic acids is 1. The van der Waals surface area contributed by atoms with E-state index in [1.54, 1.807) is 4.90 Å². The predicted octanol–water partition coefficient (Wildman–Crippen LogP) is 4.28. The largest absolute Gasteiger partial charge is 0.333 e. The number of hydrogen-bond acceptors (Lipinski definition) is 2. The van der Waals surface area contributed by atoms with E-state index in [0.29, 0.717) is 13.1 Å². The number of benzene rings is 3. The van der Waals surface area contributed by atoms with Crippen LogP contribution >= 0.6 is 0 Å². The highest BCUT2D eigenvalue weighted by Crippen LogP contribution is 2.21. The maximum absolute atomic E-state index is 12.4. The molecule has 0 saturated heterocycles. The number of hydrogen-bond donors (Lipinski definition) is 0. The van der Waals surface area contributed by atoms with Crippen molar-refractivity contribution in [1.82, 2.24) is 4.90 Å². The minimum atomic E-state index is -0.144. The van der Waals surface area contributed by atoms with Gasteiger partial charge >= 0.3 is 0 Å². The Morgan fingerprint density at radius 1 is 0.875 bits per heavy atom. The fourth-order valence-corrected chi connectivity index (χ4v) is 2.85. The first-order chi connectivity index (χ1) is 11.8. The molecule has 0 aromatic heterocycles. The van der Waals surface area contributed by atoms with Crippen molar-refractivity contribution in [2.45, 2.75) is 19.5 Å². The molecule has 3 heteroatoms. The minimum Gasteiger partial charge on any atom is -0.333 e. The summed E-state index contributed by atoms with van der Waals surface area (Å²) in [6, 6.07) is 26.1. The van der Waals surface area contributed by atoms with Crippen molar-refractivity contribution in [2.75, 3.05) is 0 Å². The SMILES string of the molecule is N#CCC(=O)N(Cc1ccccc1)Cc1cccc2ccccc12. The van der Waals surface area contributed by atoms with E-state index >= 15 is 0 Å². The Balaban J connectivity index is 1.91. The van der Waals surface area contributed by atoms with E-state index in [1.165, 1.54) is 0 Å². The van der Waals surface area contributed by atoms with Gasteiger partial charge in [0.2, 0.25) is 5.91 Å². The standard InChI is InChI=1S/C21H18N2O/c22-14-13-21(24)23(15-17-7-2-1-3-8-17)16-19-11-6-10-18-9-4-5-12-20(18)19/h1-12H,13,15-16H2. The molecule has 0 aliphatic rings. The Bertz CT molecular complexity index is 876. The van der Waals surface area contributed by atoms with Gasteiger partial charge in [-0.25, -0.2) is 0 Å². The van der Waals surface area contributed by atoms with E-state index in [-0.39, 0.29) is 12.3 Å². The van der Waals surface area contributed by atoms with E-state index in [1.807, 2.05) is 60.7 Å². The lowest BCUT2D eigenvalue weighted by atomic mass is 10.0. The summed E-state index contributed by atoms with van der Waals surface area (Å²) in [6.07, 6.45) is -0.0996. The third kappa shape index (κ3) is 3.61. The summed E-state index contributed by atoms with van der Waals surface area (Å²) in [5.41, 5.74) is 2.15. The number of nitriles is 1. The molecule has 0 spiro atoms. The van der Waals surface area contributed by atoms with E-state index in [0.717, 1.165) is 21.9 Å². The van der Waals surface area contributed by atoms with Gasteiger partial charge in [0, 0.05) is 13.1 Å². The molecule has 3 aromatic rings. The highest BCUT2D eigenvalue weighted by molar-refractivity contribution is 5.86.